The van der Waals surface area contributed by atoms with E-state index in [2.05, 4.69) is 10.3 Å². The zero-order valence-corrected chi connectivity index (χ0v) is 14.2. The Labute approximate surface area is 139 Å². The molecule has 1 aliphatic rings. The van der Waals surface area contributed by atoms with Gasteiger partial charge in [-0.15, -0.1) is 5.10 Å². The van der Waals surface area contributed by atoms with Crippen LogP contribution in [0.4, 0.5) is 0 Å². The van der Waals surface area contributed by atoms with E-state index in [4.69, 9.17) is 16.3 Å². The average molecular weight is 357 g/mol. The lowest BCUT2D eigenvalue weighted by atomic mass is 10.1. The summed E-state index contributed by atoms with van der Waals surface area (Å²) in [6.07, 6.45) is 4.83. The van der Waals surface area contributed by atoms with E-state index < -0.39 is 10.0 Å². The van der Waals surface area contributed by atoms with Gasteiger partial charge in [0.05, 0.1) is 29.3 Å². The van der Waals surface area contributed by atoms with Crippen molar-refractivity contribution < 1.29 is 13.2 Å². The predicted molar refractivity (Wildman–Crippen MR) is 85.1 cm³/mol. The molecule has 3 rings (SSSR count). The lowest BCUT2D eigenvalue weighted by Crippen LogP contribution is -2.39. The van der Waals surface area contributed by atoms with E-state index in [9.17, 15) is 8.42 Å². The summed E-state index contributed by atoms with van der Waals surface area (Å²) in [5, 5.41) is 8.06. The Bertz CT molecular complexity index is 771. The summed E-state index contributed by atoms with van der Waals surface area (Å²) < 4.78 is 33.8. The molecular formula is C14H17ClN4O3S. The summed E-state index contributed by atoms with van der Waals surface area (Å²) in [4.78, 5) is 0.183. The number of halogens is 1. The fourth-order valence-electron chi connectivity index (χ4n) is 2.72. The van der Waals surface area contributed by atoms with Crippen LogP contribution in [-0.2, 0) is 10.0 Å². The molecule has 9 heteroatoms. The molecular weight excluding hydrogens is 340 g/mol. The second-order valence-corrected chi connectivity index (χ2v) is 7.66. The molecule has 2 aromatic rings. The van der Waals surface area contributed by atoms with Crippen molar-refractivity contribution in [3.63, 3.8) is 0 Å². The summed E-state index contributed by atoms with van der Waals surface area (Å²) in [5.41, 5.74) is 0. The lowest BCUT2D eigenvalue weighted by molar-refractivity contribution is 0.258. The average Bonchev–Trinajstić information content (AvgIpc) is 3.09. The van der Waals surface area contributed by atoms with Gasteiger partial charge in [-0.25, -0.2) is 13.1 Å². The normalized spacial score (nSPS) is 17.3. The van der Waals surface area contributed by atoms with Gasteiger partial charge in [0, 0.05) is 19.3 Å². The minimum atomic E-state index is -3.55. The Hall–Kier alpha value is -1.64. The van der Waals surface area contributed by atoms with Gasteiger partial charge < -0.3 is 4.74 Å². The molecule has 1 fully saturated rings. The van der Waals surface area contributed by atoms with Crippen molar-refractivity contribution in [3.05, 3.63) is 35.6 Å². The van der Waals surface area contributed by atoms with Crippen LogP contribution in [0.3, 0.4) is 0 Å². The Kier molecular flexibility index (Phi) is 4.56. The second-order valence-electron chi connectivity index (χ2n) is 5.31. The van der Waals surface area contributed by atoms with Gasteiger partial charge in [0.2, 0.25) is 10.0 Å². The van der Waals surface area contributed by atoms with Crippen molar-refractivity contribution in [1.82, 2.24) is 19.3 Å². The molecule has 0 aliphatic carbocycles. The highest BCUT2D eigenvalue weighted by Crippen LogP contribution is 2.30. The number of piperidine rings is 1. The molecule has 0 bridgehead atoms. The minimum absolute atomic E-state index is 0.183. The maximum atomic E-state index is 12.7. The van der Waals surface area contributed by atoms with E-state index in [1.54, 1.807) is 23.1 Å². The fourth-order valence-corrected chi connectivity index (χ4v) is 4.53. The molecule has 1 aromatic heterocycles. The highest BCUT2D eigenvalue weighted by atomic mass is 35.5. The molecule has 0 radical (unpaired) electrons. The van der Waals surface area contributed by atoms with Crippen molar-refractivity contribution in [1.29, 1.82) is 0 Å². The Balaban J connectivity index is 1.75. The monoisotopic (exact) mass is 356 g/mol. The molecule has 0 amide bonds. The highest BCUT2D eigenvalue weighted by Gasteiger charge is 2.30. The summed E-state index contributed by atoms with van der Waals surface area (Å²) in [7, 11) is -2.06. The number of benzene rings is 1. The van der Waals surface area contributed by atoms with Gasteiger partial charge in [0.1, 0.15) is 5.75 Å². The number of ether oxygens (including phenoxy) is 1. The van der Waals surface area contributed by atoms with Gasteiger partial charge in [0.25, 0.3) is 0 Å². The highest BCUT2D eigenvalue weighted by molar-refractivity contribution is 7.89. The van der Waals surface area contributed by atoms with E-state index in [1.165, 1.54) is 23.5 Å². The van der Waals surface area contributed by atoms with Gasteiger partial charge in [-0.05, 0) is 31.0 Å². The first-order valence-corrected chi connectivity index (χ1v) is 9.03. The summed E-state index contributed by atoms with van der Waals surface area (Å²) >= 11 is 6.04. The van der Waals surface area contributed by atoms with Crippen molar-refractivity contribution in [2.24, 2.45) is 0 Å². The predicted octanol–water partition coefficient (Wildman–Crippen LogP) is 1.97. The Morgan fingerprint density at radius 1 is 1.30 bits per heavy atom. The molecule has 2 heterocycles. The zero-order valence-electron chi connectivity index (χ0n) is 12.6. The van der Waals surface area contributed by atoms with Gasteiger partial charge in [-0.1, -0.05) is 16.8 Å². The van der Waals surface area contributed by atoms with E-state index in [0.717, 1.165) is 0 Å². The Morgan fingerprint density at radius 2 is 2.04 bits per heavy atom. The van der Waals surface area contributed by atoms with Crippen LogP contribution < -0.4 is 4.74 Å². The van der Waals surface area contributed by atoms with Crippen LogP contribution in [0, 0.1) is 0 Å². The number of rotatable bonds is 4. The summed E-state index contributed by atoms with van der Waals surface area (Å²) in [6, 6.07) is 4.70. The van der Waals surface area contributed by atoms with Gasteiger partial charge in [0.15, 0.2) is 0 Å². The van der Waals surface area contributed by atoms with Crippen LogP contribution >= 0.6 is 11.6 Å². The number of methoxy groups -OCH3 is 1. The molecule has 1 aromatic carbocycles. The molecule has 1 aliphatic heterocycles. The Morgan fingerprint density at radius 3 is 2.61 bits per heavy atom. The second kappa shape index (κ2) is 6.46. The quantitative estimate of drug-likeness (QED) is 0.837. The molecule has 0 N–H and O–H groups in total. The molecule has 23 heavy (non-hydrogen) atoms. The van der Waals surface area contributed by atoms with Gasteiger partial charge in [-0.3, -0.25) is 0 Å². The van der Waals surface area contributed by atoms with Crippen LogP contribution in [0.2, 0.25) is 5.02 Å². The summed E-state index contributed by atoms with van der Waals surface area (Å²) in [6.45, 7) is 0.882. The van der Waals surface area contributed by atoms with Crippen molar-refractivity contribution in [2.45, 2.75) is 23.8 Å². The van der Waals surface area contributed by atoms with Crippen LogP contribution in [0.1, 0.15) is 18.9 Å². The lowest BCUT2D eigenvalue weighted by Gasteiger charge is -2.31. The third kappa shape index (κ3) is 3.19. The third-order valence-corrected chi connectivity index (χ3v) is 6.19. The van der Waals surface area contributed by atoms with E-state index in [1.807, 2.05) is 0 Å². The van der Waals surface area contributed by atoms with Crippen molar-refractivity contribution in [3.8, 4) is 5.75 Å². The molecule has 0 saturated carbocycles. The molecule has 0 spiro atoms. The van der Waals surface area contributed by atoms with Crippen LogP contribution in [0.5, 0.6) is 5.75 Å². The SMILES string of the molecule is COc1ccc(S(=O)(=O)N2CCC(n3ccnn3)CC2)cc1Cl. The molecule has 0 unspecified atom stereocenters. The first kappa shape index (κ1) is 16.2. The number of hydrogen-bond acceptors (Lipinski definition) is 5. The van der Waals surface area contributed by atoms with Crippen LogP contribution in [0.25, 0.3) is 0 Å². The number of sulfonamides is 1. The van der Waals surface area contributed by atoms with Crippen LogP contribution in [0.15, 0.2) is 35.5 Å². The molecule has 1 saturated heterocycles. The maximum absolute atomic E-state index is 12.7. The molecule has 0 atom stereocenters. The van der Waals surface area contributed by atoms with E-state index in [0.29, 0.717) is 31.7 Å². The number of hydrogen-bond donors (Lipinski definition) is 0. The number of nitrogens with zero attached hydrogens (tertiary/aromatic N) is 4. The smallest absolute Gasteiger partial charge is 0.243 e. The topological polar surface area (TPSA) is 77.3 Å². The standard InChI is InChI=1S/C14H17ClN4O3S/c1-22-14-3-2-12(10-13(14)15)23(20,21)18-7-4-11(5-8-18)19-9-6-16-17-19/h2-3,6,9-11H,4-5,7-8H2,1H3. The van der Waals surface area contributed by atoms with Crippen molar-refractivity contribution in [2.75, 3.05) is 20.2 Å². The number of aromatic nitrogens is 3. The van der Waals surface area contributed by atoms with Crippen molar-refractivity contribution >= 4 is 21.6 Å². The van der Waals surface area contributed by atoms with Gasteiger partial charge >= 0.3 is 0 Å². The van der Waals surface area contributed by atoms with E-state index >= 15 is 0 Å². The first-order chi connectivity index (χ1) is 11.0. The first-order valence-electron chi connectivity index (χ1n) is 7.22. The largest absolute Gasteiger partial charge is 0.495 e. The van der Waals surface area contributed by atoms with Gasteiger partial charge in [-0.2, -0.15) is 4.31 Å². The fraction of sp³-hybridized carbons (Fsp3) is 0.429. The summed E-state index contributed by atoms with van der Waals surface area (Å²) in [5.74, 6) is 0.454. The molecule has 124 valence electrons. The molecule has 7 nitrogen and oxygen atoms in total. The zero-order chi connectivity index (χ0) is 16.4. The third-order valence-electron chi connectivity index (χ3n) is 4.00. The van der Waals surface area contributed by atoms with E-state index in [-0.39, 0.29) is 16.0 Å². The maximum Gasteiger partial charge on any atom is 0.243 e. The minimum Gasteiger partial charge on any atom is -0.495 e. The van der Waals surface area contributed by atoms with Crippen LogP contribution in [-0.4, -0.2) is 47.9 Å².